The molecule has 1 heterocycles. The lowest BCUT2D eigenvalue weighted by molar-refractivity contribution is 0.267. The molecule has 0 radical (unpaired) electrons. The first kappa shape index (κ1) is 24.4. The topological polar surface area (TPSA) is 3.24 Å². The van der Waals surface area contributed by atoms with Gasteiger partial charge in [0.15, 0.2) is 0 Å². The number of fused-ring (bicyclic) bond motifs is 4. The molecule has 4 fully saturated rings. The van der Waals surface area contributed by atoms with Crippen LogP contribution in [0.15, 0.2) is 0 Å². The van der Waals surface area contributed by atoms with Crippen LogP contribution in [0.3, 0.4) is 0 Å². The van der Waals surface area contributed by atoms with Gasteiger partial charge >= 0.3 is 0 Å². The highest BCUT2D eigenvalue weighted by atomic mass is 28.3. The van der Waals surface area contributed by atoms with Crippen LogP contribution in [-0.4, -0.2) is 31.8 Å². The molecule has 4 rings (SSSR count). The number of rotatable bonds is 5. The zero-order valence-corrected chi connectivity index (χ0v) is 23.7. The molecule has 0 aromatic rings. The van der Waals surface area contributed by atoms with Crippen LogP contribution in [-0.2, 0) is 0 Å². The maximum absolute atomic E-state index is 3.05. The number of nitrogens with zero attached hydrogens (tertiary/aromatic N) is 1. The van der Waals surface area contributed by atoms with Crippen LogP contribution >= 0.6 is 0 Å². The fourth-order valence-corrected chi connectivity index (χ4v) is 17.1. The summed E-state index contributed by atoms with van der Waals surface area (Å²) in [5, 5.41) is 0. The Morgan fingerprint density at radius 1 is 0.742 bits per heavy atom. The smallest absolute Gasteiger partial charge is 0.230 e. The second kappa shape index (κ2) is 8.79. The van der Waals surface area contributed by atoms with Gasteiger partial charge in [0.25, 0.3) is 0 Å². The molecule has 31 heavy (non-hydrogen) atoms. The average molecular weight is 444 g/mol. The van der Waals surface area contributed by atoms with Gasteiger partial charge in [-0.1, -0.05) is 101 Å². The van der Waals surface area contributed by atoms with E-state index >= 15 is 0 Å². The third-order valence-corrected chi connectivity index (χ3v) is 16.3. The molecule has 0 spiro atoms. The lowest BCUT2D eigenvalue weighted by Gasteiger charge is -2.58. The van der Waals surface area contributed by atoms with E-state index in [1.54, 1.807) is 19.3 Å². The third-order valence-electron chi connectivity index (χ3n) is 11.2. The SMILES string of the molecule is CC(C)C1CC(C(C)C)C2C1B(N(C(C)C)C(C)C)C1CC3CCCCC3C1[Si]2(C)C. The largest absolute Gasteiger partial charge is 0.337 e. The Labute approximate surface area is 197 Å². The van der Waals surface area contributed by atoms with Crippen molar-refractivity contribution in [3.8, 4) is 0 Å². The van der Waals surface area contributed by atoms with Crippen LogP contribution in [0.1, 0.15) is 93.9 Å². The molecule has 8 atom stereocenters. The highest BCUT2D eigenvalue weighted by Gasteiger charge is 2.68. The van der Waals surface area contributed by atoms with Gasteiger partial charge in [-0.3, -0.25) is 0 Å². The van der Waals surface area contributed by atoms with E-state index in [9.17, 15) is 0 Å². The summed E-state index contributed by atoms with van der Waals surface area (Å²) in [5.41, 5.74) is 2.14. The summed E-state index contributed by atoms with van der Waals surface area (Å²) in [7, 11) is -1.36. The van der Waals surface area contributed by atoms with Crippen molar-refractivity contribution >= 4 is 14.9 Å². The summed E-state index contributed by atoms with van der Waals surface area (Å²) >= 11 is 0. The molecule has 3 saturated carbocycles. The van der Waals surface area contributed by atoms with Crippen molar-refractivity contribution in [3.63, 3.8) is 0 Å². The molecule has 0 N–H and O–H groups in total. The van der Waals surface area contributed by atoms with Crippen LogP contribution in [0, 0.1) is 35.5 Å². The lowest BCUT2D eigenvalue weighted by atomic mass is 9.36. The summed E-state index contributed by atoms with van der Waals surface area (Å²) in [5.74, 6) is 7.71. The summed E-state index contributed by atoms with van der Waals surface area (Å²) in [6.07, 6.45) is 9.25. The molecule has 0 aromatic heterocycles. The van der Waals surface area contributed by atoms with Gasteiger partial charge in [-0.15, -0.1) is 0 Å². The fraction of sp³-hybridized carbons (Fsp3) is 1.00. The van der Waals surface area contributed by atoms with Gasteiger partial charge in [0.2, 0.25) is 6.85 Å². The third kappa shape index (κ3) is 3.84. The summed E-state index contributed by atoms with van der Waals surface area (Å²) in [6, 6.07) is 1.34. The highest BCUT2D eigenvalue weighted by molar-refractivity contribution is 6.85. The van der Waals surface area contributed by atoms with Gasteiger partial charge in [-0.2, -0.15) is 0 Å². The minimum Gasteiger partial charge on any atom is -0.337 e. The molecule has 4 aliphatic rings. The van der Waals surface area contributed by atoms with E-state index in [0.717, 1.165) is 65.1 Å². The molecule has 0 amide bonds. The Morgan fingerprint density at radius 3 is 1.87 bits per heavy atom. The van der Waals surface area contributed by atoms with Crippen molar-refractivity contribution in [1.29, 1.82) is 0 Å². The van der Waals surface area contributed by atoms with Crippen molar-refractivity contribution < 1.29 is 0 Å². The maximum Gasteiger partial charge on any atom is 0.230 e. The van der Waals surface area contributed by atoms with E-state index in [-0.39, 0.29) is 0 Å². The summed E-state index contributed by atoms with van der Waals surface area (Å²) in [4.78, 5) is 3.05. The highest BCUT2D eigenvalue weighted by Crippen LogP contribution is 2.74. The van der Waals surface area contributed by atoms with Crippen molar-refractivity contribution in [2.24, 2.45) is 35.5 Å². The van der Waals surface area contributed by atoms with E-state index in [1.807, 2.05) is 0 Å². The molecule has 1 nitrogen and oxygen atoms in total. The Bertz CT molecular complexity index is 621. The van der Waals surface area contributed by atoms with Crippen LogP contribution in [0.5, 0.6) is 0 Å². The first-order valence-electron chi connectivity index (χ1n) is 14.3. The van der Waals surface area contributed by atoms with Gasteiger partial charge in [0.1, 0.15) is 0 Å². The van der Waals surface area contributed by atoms with Gasteiger partial charge < -0.3 is 4.81 Å². The van der Waals surface area contributed by atoms with E-state index in [4.69, 9.17) is 0 Å². The first-order valence-corrected chi connectivity index (χ1v) is 17.4. The quantitative estimate of drug-likeness (QED) is 0.385. The molecular weight excluding hydrogens is 389 g/mol. The first-order chi connectivity index (χ1) is 14.5. The van der Waals surface area contributed by atoms with Crippen LogP contribution in [0.2, 0.25) is 35.8 Å². The molecule has 8 unspecified atom stereocenters. The Kier molecular flexibility index (Phi) is 6.91. The van der Waals surface area contributed by atoms with E-state index in [2.05, 4.69) is 73.3 Å². The Hall–Kier alpha value is 0.242. The normalized spacial score (nSPS) is 42.1. The van der Waals surface area contributed by atoms with E-state index < -0.39 is 8.07 Å². The lowest BCUT2D eigenvalue weighted by Crippen LogP contribution is -2.62. The standard InChI is InChI=1S/C28H54BNSi/c1-17(2)23-16-24(18(3)4)28-26(23)29(30(19(5)6)20(7)8)25-15-21-13-11-12-14-22(21)27(25)31(28,9)10/h17-28H,11-16H2,1-10H3. The molecule has 0 aromatic carbocycles. The Morgan fingerprint density at radius 2 is 1.32 bits per heavy atom. The second-order valence-corrected chi connectivity index (χ2v) is 19.2. The summed E-state index contributed by atoms with van der Waals surface area (Å²) in [6.45, 7) is 26.9. The van der Waals surface area contributed by atoms with E-state index in [0.29, 0.717) is 12.1 Å². The minimum atomic E-state index is -1.36. The van der Waals surface area contributed by atoms with E-state index in [1.165, 1.54) is 19.3 Å². The zero-order valence-electron chi connectivity index (χ0n) is 22.7. The monoisotopic (exact) mass is 443 g/mol. The fourth-order valence-electron chi connectivity index (χ4n) is 10.6. The molecule has 3 heteroatoms. The van der Waals surface area contributed by atoms with Crippen LogP contribution < -0.4 is 0 Å². The predicted octanol–water partition coefficient (Wildman–Crippen LogP) is 8.46. The van der Waals surface area contributed by atoms with Gasteiger partial charge in [-0.25, -0.2) is 0 Å². The number of hydrogen-bond acceptors (Lipinski definition) is 1. The Balaban J connectivity index is 1.87. The predicted molar refractivity (Wildman–Crippen MR) is 142 cm³/mol. The van der Waals surface area contributed by atoms with Crippen LogP contribution in [0.4, 0.5) is 0 Å². The number of hydrogen-bond donors (Lipinski definition) is 0. The molecule has 178 valence electrons. The molecular formula is C28H54BNSi. The molecule has 1 saturated heterocycles. The van der Waals surface area contributed by atoms with Crippen molar-refractivity contribution in [1.82, 2.24) is 4.81 Å². The average Bonchev–Trinajstić information content (AvgIpc) is 3.24. The van der Waals surface area contributed by atoms with Gasteiger partial charge in [-0.05, 0) is 76.7 Å². The van der Waals surface area contributed by atoms with Gasteiger partial charge in [0, 0.05) is 0 Å². The van der Waals surface area contributed by atoms with Crippen molar-refractivity contribution in [3.05, 3.63) is 0 Å². The second-order valence-electron chi connectivity index (χ2n) is 14.2. The molecule has 0 bridgehead atoms. The van der Waals surface area contributed by atoms with Crippen LogP contribution in [0.25, 0.3) is 0 Å². The molecule has 3 aliphatic carbocycles. The summed E-state index contributed by atoms with van der Waals surface area (Å²) < 4.78 is 0. The van der Waals surface area contributed by atoms with Crippen molar-refractivity contribution in [2.45, 2.75) is 142 Å². The zero-order chi connectivity index (χ0) is 22.8. The van der Waals surface area contributed by atoms with Gasteiger partial charge in [0.05, 0.1) is 8.07 Å². The maximum atomic E-state index is 3.05. The van der Waals surface area contributed by atoms with Crippen molar-refractivity contribution in [2.75, 3.05) is 0 Å². The minimum absolute atomic E-state index is 0.669. The molecule has 1 aliphatic heterocycles.